The van der Waals surface area contributed by atoms with Crippen LogP contribution in [0.3, 0.4) is 0 Å². The first-order valence-corrected chi connectivity index (χ1v) is 11.8. The molecule has 1 aliphatic heterocycles. The fourth-order valence-corrected chi connectivity index (χ4v) is 4.11. The summed E-state index contributed by atoms with van der Waals surface area (Å²) in [5.41, 5.74) is 0.400. The van der Waals surface area contributed by atoms with E-state index in [1.165, 1.54) is 10.8 Å². The molecule has 0 radical (unpaired) electrons. The Balaban J connectivity index is 1.76. The SMILES string of the molecule is C=C/C(C)=C/[C@@]1(C)SC(=O)C=C1OCC(=O)NCCn1cc(CNC(=O)[C@H](O)C(C)(C)CO)nn1. The van der Waals surface area contributed by atoms with E-state index in [2.05, 4.69) is 27.5 Å². The van der Waals surface area contributed by atoms with E-state index >= 15 is 0 Å². The second kappa shape index (κ2) is 12.1. The molecule has 0 spiro atoms. The smallest absolute Gasteiger partial charge is 0.257 e. The Hall–Kier alpha value is -2.96. The first-order chi connectivity index (χ1) is 16.4. The zero-order valence-corrected chi connectivity index (χ0v) is 21.2. The average molecular weight is 508 g/mol. The van der Waals surface area contributed by atoms with Crippen LogP contribution in [-0.4, -0.2) is 72.7 Å². The lowest BCUT2D eigenvalue weighted by atomic mass is 9.87. The fourth-order valence-electron chi connectivity index (χ4n) is 3.07. The van der Waals surface area contributed by atoms with Gasteiger partial charge in [-0.2, -0.15) is 0 Å². The number of amides is 2. The lowest BCUT2D eigenvalue weighted by Crippen LogP contribution is -2.45. The number of aromatic nitrogens is 3. The van der Waals surface area contributed by atoms with Crippen LogP contribution in [0.15, 0.2) is 42.3 Å². The van der Waals surface area contributed by atoms with E-state index < -0.39 is 22.2 Å². The summed E-state index contributed by atoms with van der Waals surface area (Å²) < 4.78 is 6.44. The maximum atomic E-state index is 12.2. The van der Waals surface area contributed by atoms with Crippen molar-refractivity contribution in [3.63, 3.8) is 0 Å². The predicted molar refractivity (Wildman–Crippen MR) is 131 cm³/mol. The Morgan fingerprint density at radius 1 is 1.40 bits per heavy atom. The van der Waals surface area contributed by atoms with E-state index in [1.807, 2.05) is 19.9 Å². The summed E-state index contributed by atoms with van der Waals surface area (Å²) >= 11 is 1.12. The van der Waals surface area contributed by atoms with Crippen LogP contribution in [0.4, 0.5) is 0 Å². The maximum Gasteiger partial charge on any atom is 0.257 e. The molecule has 1 aromatic heterocycles. The van der Waals surface area contributed by atoms with Crippen LogP contribution in [0.5, 0.6) is 0 Å². The molecule has 0 unspecified atom stereocenters. The minimum Gasteiger partial charge on any atom is -0.486 e. The van der Waals surface area contributed by atoms with Crippen molar-refractivity contribution in [3.05, 3.63) is 48.0 Å². The Morgan fingerprint density at radius 3 is 2.77 bits per heavy atom. The molecular weight excluding hydrogens is 474 g/mol. The number of thioether (sulfide) groups is 1. The van der Waals surface area contributed by atoms with Crippen molar-refractivity contribution in [2.75, 3.05) is 19.8 Å². The quantitative estimate of drug-likeness (QED) is 0.279. The van der Waals surface area contributed by atoms with Gasteiger partial charge in [0, 0.05) is 18.0 Å². The molecule has 2 atom stereocenters. The molecule has 2 amide bonds. The van der Waals surface area contributed by atoms with Crippen molar-refractivity contribution >= 4 is 28.7 Å². The van der Waals surface area contributed by atoms with Gasteiger partial charge in [-0.25, -0.2) is 0 Å². The second-order valence-electron chi connectivity index (χ2n) is 9.01. The number of aliphatic hydroxyl groups excluding tert-OH is 2. The molecule has 0 aromatic carbocycles. The number of carbonyl (C=O) groups excluding carboxylic acids is 3. The standard InChI is InChI=1S/C23H33N5O6S/c1-6-15(2)10-23(5)17(9-19(31)35-23)34-13-18(30)24-7-8-28-12-16(26-27-28)11-25-21(33)20(32)22(3,4)14-29/h6,9-10,12,20,29,32H,1,7-8,11,13-14H2,2-5H3,(H,24,30)(H,25,33)/b15-10+/t20-,23+/m0/s1. The molecule has 0 bridgehead atoms. The number of carbonyl (C=O) groups is 3. The summed E-state index contributed by atoms with van der Waals surface area (Å²) in [6.45, 7) is 10.7. The van der Waals surface area contributed by atoms with Gasteiger partial charge in [0.15, 0.2) is 6.61 Å². The van der Waals surface area contributed by atoms with Gasteiger partial charge in [-0.3, -0.25) is 19.1 Å². The second-order valence-corrected chi connectivity index (χ2v) is 10.5. The minimum atomic E-state index is -1.36. The highest BCUT2D eigenvalue weighted by atomic mass is 32.2. The first kappa shape index (κ1) is 28.3. The Kier molecular flexibility index (Phi) is 9.81. The predicted octanol–water partition coefficient (Wildman–Crippen LogP) is 0.455. The van der Waals surface area contributed by atoms with Gasteiger partial charge in [-0.05, 0) is 13.8 Å². The Morgan fingerprint density at radius 2 is 2.11 bits per heavy atom. The van der Waals surface area contributed by atoms with E-state index in [0.29, 0.717) is 18.0 Å². The molecule has 2 heterocycles. The molecule has 1 aliphatic rings. The zero-order valence-electron chi connectivity index (χ0n) is 20.4. The number of ether oxygens (including phenoxy) is 1. The number of allylic oxidation sites excluding steroid dienone is 2. The first-order valence-electron chi connectivity index (χ1n) is 11.0. The van der Waals surface area contributed by atoms with Crippen LogP contribution in [0.25, 0.3) is 0 Å². The summed E-state index contributed by atoms with van der Waals surface area (Å²) in [6.07, 6.45) is 5.20. The number of aliphatic hydroxyl groups is 2. The van der Waals surface area contributed by atoms with Crippen LogP contribution in [-0.2, 0) is 32.2 Å². The van der Waals surface area contributed by atoms with Crippen molar-refractivity contribution < 1.29 is 29.3 Å². The molecule has 0 aliphatic carbocycles. The summed E-state index contributed by atoms with van der Waals surface area (Å²) in [6, 6.07) is 0. The average Bonchev–Trinajstić information content (AvgIpc) is 3.37. The van der Waals surface area contributed by atoms with E-state index in [4.69, 9.17) is 4.74 Å². The third-order valence-electron chi connectivity index (χ3n) is 5.32. The molecule has 0 fully saturated rings. The summed E-state index contributed by atoms with van der Waals surface area (Å²) in [5, 5.41) is 32.3. The number of rotatable bonds is 13. The van der Waals surface area contributed by atoms with Gasteiger partial charge in [0.2, 0.25) is 11.0 Å². The molecule has 11 nitrogen and oxygen atoms in total. The van der Waals surface area contributed by atoms with Crippen molar-refractivity contribution in [1.82, 2.24) is 25.6 Å². The van der Waals surface area contributed by atoms with Gasteiger partial charge in [-0.15, -0.1) is 5.10 Å². The van der Waals surface area contributed by atoms with Crippen LogP contribution in [0.1, 0.15) is 33.4 Å². The molecule has 35 heavy (non-hydrogen) atoms. The highest BCUT2D eigenvalue weighted by molar-refractivity contribution is 8.15. The molecule has 0 saturated carbocycles. The van der Waals surface area contributed by atoms with E-state index in [0.717, 1.165) is 17.3 Å². The molecule has 12 heteroatoms. The van der Waals surface area contributed by atoms with Crippen LogP contribution >= 0.6 is 11.8 Å². The molecule has 2 rings (SSSR count). The van der Waals surface area contributed by atoms with Gasteiger partial charge < -0.3 is 25.6 Å². The monoisotopic (exact) mass is 507 g/mol. The van der Waals surface area contributed by atoms with E-state index in [-0.39, 0.29) is 37.3 Å². The lowest BCUT2D eigenvalue weighted by Gasteiger charge is -2.26. The Bertz CT molecular complexity index is 1020. The number of nitrogens with zero attached hydrogens (tertiary/aromatic N) is 3. The third-order valence-corrected chi connectivity index (χ3v) is 6.39. The van der Waals surface area contributed by atoms with Gasteiger partial charge in [0.05, 0.1) is 30.6 Å². The van der Waals surface area contributed by atoms with E-state index in [9.17, 15) is 24.6 Å². The van der Waals surface area contributed by atoms with Gasteiger partial charge in [-0.1, -0.05) is 55.1 Å². The highest BCUT2D eigenvalue weighted by Gasteiger charge is 2.38. The summed E-state index contributed by atoms with van der Waals surface area (Å²) in [7, 11) is 0. The van der Waals surface area contributed by atoms with Gasteiger partial charge in [0.1, 0.15) is 17.6 Å². The van der Waals surface area contributed by atoms with Crippen LogP contribution in [0, 0.1) is 5.41 Å². The zero-order chi connectivity index (χ0) is 26.2. The van der Waals surface area contributed by atoms with Crippen molar-refractivity contribution in [2.24, 2.45) is 5.41 Å². The maximum absolute atomic E-state index is 12.2. The molecule has 4 N–H and O–H groups in total. The molecular formula is C23H33N5O6S. The summed E-state index contributed by atoms with van der Waals surface area (Å²) in [4.78, 5) is 36.1. The molecule has 1 aromatic rings. The van der Waals surface area contributed by atoms with Crippen molar-refractivity contribution in [3.8, 4) is 0 Å². The summed E-state index contributed by atoms with van der Waals surface area (Å²) in [5.74, 6) is -0.552. The lowest BCUT2D eigenvalue weighted by molar-refractivity contribution is -0.137. The van der Waals surface area contributed by atoms with Crippen molar-refractivity contribution in [2.45, 2.75) is 51.6 Å². The van der Waals surface area contributed by atoms with Crippen LogP contribution < -0.4 is 10.6 Å². The van der Waals surface area contributed by atoms with Gasteiger partial charge in [0.25, 0.3) is 5.91 Å². The fraction of sp³-hybridized carbons (Fsp3) is 0.522. The van der Waals surface area contributed by atoms with Crippen molar-refractivity contribution in [1.29, 1.82) is 0 Å². The topological polar surface area (TPSA) is 156 Å². The normalized spacial score (nSPS) is 19.2. The van der Waals surface area contributed by atoms with E-state index in [1.54, 1.807) is 26.1 Å². The highest BCUT2D eigenvalue weighted by Crippen LogP contribution is 2.42. The number of hydrogen-bond donors (Lipinski definition) is 4. The van der Waals surface area contributed by atoms with Gasteiger partial charge >= 0.3 is 0 Å². The third kappa shape index (κ3) is 8.05. The largest absolute Gasteiger partial charge is 0.486 e. The Labute approximate surface area is 208 Å². The number of hydrogen-bond acceptors (Lipinski definition) is 9. The molecule has 0 saturated heterocycles. The molecule has 192 valence electrons. The number of nitrogens with one attached hydrogen (secondary N) is 2. The van der Waals surface area contributed by atoms with Crippen LogP contribution in [0.2, 0.25) is 0 Å². The minimum absolute atomic E-state index is 0.0575.